The maximum atomic E-state index is 12.1. The van der Waals surface area contributed by atoms with Crippen LogP contribution >= 0.6 is 0 Å². The third kappa shape index (κ3) is 4.49. The zero-order valence-corrected chi connectivity index (χ0v) is 15.6. The molecule has 0 bridgehead atoms. The van der Waals surface area contributed by atoms with Crippen LogP contribution < -0.4 is 5.56 Å². The van der Waals surface area contributed by atoms with Crippen molar-refractivity contribution in [3.05, 3.63) is 69.1 Å². The number of aryl methyl sites for hydroxylation is 1. The van der Waals surface area contributed by atoms with Crippen LogP contribution in [0.25, 0.3) is 0 Å². The fourth-order valence-corrected chi connectivity index (χ4v) is 4.15. The number of benzene rings is 1. The van der Waals surface area contributed by atoms with Gasteiger partial charge in [-0.05, 0) is 42.9 Å². The normalized spacial score (nSPS) is 18.4. The lowest BCUT2D eigenvalue weighted by atomic mass is 9.85. The van der Waals surface area contributed by atoms with E-state index in [0.717, 1.165) is 29.7 Å². The molecule has 0 aliphatic heterocycles. The number of Topliss-reactive ketones (excluding diaryl/α,β-unsaturated/α-hetero) is 1. The molecule has 0 radical (unpaired) electrons. The molecule has 1 N–H and O–H groups in total. The maximum Gasteiger partial charge on any atom is 0.251 e. The van der Waals surface area contributed by atoms with E-state index in [9.17, 15) is 18.0 Å². The molecule has 1 fully saturated rings. The van der Waals surface area contributed by atoms with Crippen molar-refractivity contribution in [2.24, 2.45) is 5.92 Å². The van der Waals surface area contributed by atoms with Crippen LogP contribution in [0.15, 0.2) is 41.2 Å². The topological polar surface area (TPSA) is 84.1 Å². The van der Waals surface area contributed by atoms with Crippen LogP contribution in [0.3, 0.4) is 0 Å². The fraction of sp³-hybridized carbons (Fsp3) is 0.400. The molecule has 0 saturated heterocycles. The number of H-pyrrole nitrogens is 1. The number of hydrogen-bond acceptors (Lipinski definition) is 4. The summed E-state index contributed by atoms with van der Waals surface area (Å²) < 4.78 is 21.8. The molecule has 5 nitrogen and oxygen atoms in total. The number of nitrogens with one attached hydrogen (secondary N) is 1. The number of carbonyl (C=O) groups is 1. The predicted octanol–water partition coefficient (Wildman–Crippen LogP) is 2.69. The summed E-state index contributed by atoms with van der Waals surface area (Å²) in [4.78, 5) is 26.7. The minimum Gasteiger partial charge on any atom is -0.325 e. The first-order valence-electron chi connectivity index (χ1n) is 8.84. The summed E-state index contributed by atoms with van der Waals surface area (Å²) in [5.41, 5.74) is 3.17. The quantitative estimate of drug-likeness (QED) is 0.763. The van der Waals surface area contributed by atoms with Crippen molar-refractivity contribution in [3.63, 3.8) is 0 Å². The Morgan fingerprint density at radius 3 is 2.42 bits per heavy atom. The van der Waals surface area contributed by atoms with Gasteiger partial charge in [0.05, 0.1) is 5.75 Å². The highest BCUT2D eigenvalue weighted by atomic mass is 32.2. The standard InChI is InChI=1S/C20H23NO4S/c1-13-2-9-19(21-20(13)23)18(11-15-5-8-17(22)10-15)16-6-3-14(4-7-16)12-26(24)25/h2-4,6-7,9,15,18,26H,5,8,10-12H2,1H3,(H,21,23)/t15-,18?/m0/s1. The smallest absolute Gasteiger partial charge is 0.251 e. The van der Waals surface area contributed by atoms with Gasteiger partial charge in [-0.1, -0.05) is 30.3 Å². The molecular weight excluding hydrogens is 350 g/mol. The zero-order valence-electron chi connectivity index (χ0n) is 14.7. The van der Waals surface area contributed by atoms with Gasteiger partial charge in [-0.15, -0.1) is 0 Å². The van der Waals surface area contributed by atoms with Crippen molar-refractivity contribution in [3.8, 4) is 0 Å². The summed E-state index contributed by atoms with van der Waals surface area (Å²) in [6.45, 7) is 1.77. The van der Waals surface area contributed by atoms with Crippen LogP contribution in [0.1, 0.15) is 54.0 Å². The van der Waals surface area contributed by atoms with Crippen molar-refractivity contribution >= 4 is 16.5 Å². The molecule has 138 valence electrons. The Morgan fingerprint density at radius 2 is 1.85 bits per heavy atom. The third-order valence-electron chi connectivity index (χ3n) is 5.11. The first kappa shape index (κ1) is 18.6. The average molecular weight is 373 g/mol. The van der Waals surface area contributed by atoms with E-state index >= 15 is 0 Å². The van der Waals surface area contributed by atoms with E-state index in [1.165, 1.54) is 0 Å². The van der Waals surface area contributed by atoms with Crippen LogP contribution in [-0.2, 0) is 21.3 Å². The number of aromatic nitrogens is 1. The second-order valence-corrected chi connectivity index (χ2v) is 8.08. The molecule has 2 aromatic rings. The van der Waals surface area contributed by atoms with E-state index in [1.807, 2.05) is 36.4 Å². The largest absolute Gasteiger partial charge is 0.325 e. The zero-order chi connectivity index (χ0) is 18.7. The van der Waals surface area contributed by atoms with Crippen LogP contribution in [0.4, 0.5) is 0 Å². The van der Waals surface area contributed by atoms with Gasteiger partial charge >= 0.3 is 0 Å². The highest BCUT2D eigenvalue weighted by Crippen LogP contribution is 2.36. The van der Waals surface area contributed by atoms with Crippen LogP contribution in [0, 0.1) is 12.8 Å². The SMILES string of the molecule is Cc1ccc(C(C[C@H]2CCC(=O)C2)c2ccc(C[SH](=O)=O)cc2)[nH]c1=O. The third-order valence-corrected chi connectivity index (χ3v) is 5.74. The Balaban J connectivity index is 1.92. The number of rotatable bonds is 6. The van der Waals surface area contributed by atoms with Gasteiger partial charge in [-0.2, -0.15) is 0 Å². The van der Waals surface area contributed by atoms with Crippen LogP contribution in [-0.4, -0.2) is 19.2 Å². The highest BCUT2D eigenvalue weighted by Gasteiger charge is 2.27. The molecule has 1 unspecified atom stereocenters. The van der Waals surface area contributed by atoms with E-state index in [-0.39, 0.29) is 17.2 Å². The molecule has 3 rings (SSSR count). The maximum absolute atomic E-state index is 12.1. The number of carbonyl (C=O) groups excluding carboxylic acids is 1. The predicted molar refractivity (Wildman–Crippen MR) is 101 cm³/mol. The molecule has 6 heteroatoms. The first-order chi connectivity index (χ1) is 12.4. The van der Waals surface area contributed by atoms with Crippen molar-refractivity contribution in [1.29, 1.82) is 0 Å². The summed E-state index contributed by atoms with van der Waals surface area (Å²) in [6, 6.07) is 11.2. The minimum atomic E-state index is -2.45. The van der Waals surface area contributed by atoms with Crippen LogP contribution in [0.5, 0.6) is 0 Å². The van der Waals surface area contributed by atoms with Crippen molar-refractivity contribution in [1.82, 2.24) is 4.98 Å². The molecular formula is C20H23NO4S. The van der Waals surface area contributed by atoms with Crippen molar-refractivity contribution in [2.75, 3.05) is 0 Å². The second-order valence-electron chi connectivity index (χ2n) is 7.09. The molecule has 1 aliphatic carbocycles. The Hall–Kier alpha value is -2.21. The Kier molecular flexibility index (Phi) is 5.71. The van der Waals surface area contributed by atoms with E-state index in [1.54, 1.807) is 6.92 Å². The van der Waals surface area contributed by atoms with Gasteiger partial charge in [0.1, 0.15) is 16.5 Å². The average Bonchev–Trinajstić information content (AvgIpc) is 3.01. The van der Waals surface area contributed by atoms with Gasteiger partial charge in [0.2, 0.25) is 0 Å². The molecule has 1 heterocycles. The molecule has 0 amide bonds. The Bertz CT molecular complexity index is 920. The van der Waals surface area contributed by atoms with Gasteiger partial charge in [-0.3, -0.25) is 9.59 Å². The molecule has 26 heavy (non-hydrogen) atoms. The minimum absolute atomic E-state index is 0.0192. The molecule has 0 spiro atoms. The molecule has 1 aromatic carbocycles. The van der Waals surface area contributed by atoms with E-state index < -0.39 is 10.7 Å². The molecule has 1 aromatic heterocycles. The second kappa shape index (κ2) is 7.99. The summed E-state index contributed by atoms with van der Waals surface area (Å²) in [5.74, 6) is 0.627. The lowest BCUT2D eigenvalue weighted by Gasteiger charge is -2.21. The molecule has 1 saturated carbocycles. The van der Waals surface area contributed by atoms with Gasteiger partial charge in [0.15, 0.2) is 0 Å². The van der Waals surface area contributed by atoms with Crippen molar-refractivity contribution < 1.29 is 13.2 Å². The number of hydrogen-bond donors (Lipinski definition) is 2. The molecule has 2 atom stereocenters. The van der Waals surface area contributed by atoms with E-state index in [4.69, 9.17) is 0 Å². The monoisotopic (exact) mass is 373 g/mol. The van der Waals surface area contributed by atoms with Crippen molar-refractivity contribution in [2.45, 2.75) is 44.3 Å². The van der Waals surface area contributed by atoms with Gasteiger partial charge in [0.25, 0.3) is 5.56 Å². The lowest BCUT2D eigenvalue weighted by Crippen LogP contribution is -2.16. The summed E-state index contributed by atoms with van der Waals surface area (Å²) in [5, 5.41) is 0. The molecule has 1 aliphatic rings. The first-order valence-corrected chi connectivity index (χ1v) is 10.2. The van der Waals surface area contributed by atoms with Gasteiger partial charge in [0, 0.05) is 30.0 Å². The number of thiol groups is 1. The van der Waals surface area contributed by atoms with Gasteiger partial charge in [-0.25, -0.2) is 8.42 Å². The van der Waals surface area contributed by atoms with E-state index in [0.29, 0.717) is 30.1 Å². The van der Waals surface area contributed by atoms with Crippen LogP contribution in [0.2, 0.25) is 0 Å². The Labute approximate surface area is 154 Å². The van der Waals surface area contributed by atoms with Gasteiger partial charge < -0.3 is 4.98 Å². The summed E-state index contributed by atoms with van der Waals surface area (Å²) >= 11 is 0. The highest BCUT2D eigenvalue weighted by molar-refractivity contribution is 7.71. The fourth-order valence-electron chi connectivity index (χ4n) is 3.64. The number of pyridine rings is 1. The van der Waals surface area contributed by atoms with E-state index in [2.05, 4.69) is 4.98 Å². The lowest BCUT2D eigenvalue weighted by molar-refractivity contribution is -0.117. The number of ketones is 1. The summed E-state index contributed by atoms with van der Waals surface area (Å²) in [6.07, 6.45) is 2.92. The number of aromatic amines is 1. The Morgan fingerprint density at radius 1 is 1.12 bits per heavy atom. The summed E-state index contributed by atoms with van der Waals surface area (Å²) in [7, 11) is -2.45.